The van der Waals surface area contributed by atoms with Gasteiger partial charge in [0.25, 0.3) is 0 Å². The third-order valence-corrected chi connectivity index (χ3v) is 9.29. The van der Waals surface area contributed by atoms with Crippen molar-refractivity contribution in [3.8, 4) is 39.8 Å². The average Bonchev–Trinajstić information content (AvgIpc) is 3.77. The smallest absolute Gasteiger partial charge is 0.144 e. The van der Waals surface area contributed by atoms with Gasteiger partial charge >= 0.3 is 0 Å². The number of hydrogen-bond donors (Lipinski definition) is 0. The molecular formula is C53H42N4O. The van der Waals surface area contributed by atoms with E-state index in [-0.39, 0.29) is 51.3 Å². The van der Waals surface area contributed by atoms with Crippen LogP contribution in [0.25, 0.3) is 55.7 Å². The third-order valence-electron chi connectivity index (χ3n) is 9.29. The maximum absolute atomic E-state index is 9.56. The Morgan fingerprint density at radius 3 is 1.81 bits per heavy atom. The number of furan rings is 1. The fourth-order valence-electron chi connectivity index (χ4n) is 6.40. The Kier molecular flexibility index (Phi) is 6.25. The van der Waals surface area contributed by atoms with Gasteiger partial charge in [-0.1, -0.05) is 103 Å². The van der Waals surface area contributed by atoms with E-state index in [1.54, 1.807) is 78.9 Å². The number of nitriles is 1. The van der Waals surface area contributed by atoms with E-state index < -0.39 is 72.9 Å². The lowest BCUT2D eigenvalue weighted by atomic mass is 9.94. The number of para-hydroxylation sites is 1. The van der Waals surface area contributed by atoms with Crippen LogP contribution in [0.3, 0.4) is 0 Å². The van der Waals surface area contributed by atoms with Gasteiger partial charge in [-0.2, -0.15) is 5.26 Å². The number of nitrogens with zero attached hydrogens (tertiary/aromatic N) is 4. The summed E-state index contributed by atoms with van der Waals surface area (Å²) in [5.74, 6) is 0. The highest BCUT2D eigenvalue weighted by molar-refractivity contribution is 6.09. The van der Waals surface area contributed by atoms with Gasteiger partial charge in [0.05, 0.1) is 31.5 Å². The zero-order chi connectivity index (χ0) is 54.3. The van der Waals surface area contributed by atoms with Gasteiger partial charge in [-0.3, -0.25) is 15.0 Å². The number of hydrogen-bond acceptors (Lipinski definition) is 5. The summed E-state index contributed by atoms with van der Waals surface area (Å²) in [5, 5.41) is 10.5. The number of aryl methyl sites for hydroxylation is 7. The van der Waals surface area contributed by atoms with Gasteiger partial charge in [-0.05, 0) is 126 Å². The Bertz CT molecular complexity index is 3690. The van der Waals surface area contributed by atoms with Crippen LogP contribution in [-0.2, 0) is 38.2 Å². The average molecular weight is 768 g/mol. The summed E-state index contributed by atoms with van der Waals surface area (Å²) in [7, 11) is 0. The van der Waals surface area contributed by atoms with Gasteiger partial charge in [0.1, 0.15) is 11.2 Å². The first-order valence-corrected chi connectivity index (χ1v) is 18.2. The third kappa shape index (κ3) is 8.05. The molecule has 4 aromatic heterocycles. The molecule has 0 amide bonds. The molecule has 0 saturated heterocycles. The van der Waals surface area contributed by atoms with Gasteiger partial charge < -0.3 is 4.42 Å². The van der Waals surface area contributed by atoms with E-state index in [1.807, 2.05) is 6.07 Å². The molecule has 280 valence electrons. The molecule has 0 spiro atoms. The molecule has 0 aliphatic heterocycles. The van der Waals surface area contributed by atoms with E-state index in [4.69, 9.17) is 11.3 Å². The lowest BCUT2D eigenvalue weighted by molar-refractivity contribution is 0.669. The van der Waals surface area contributed by atoms with Gasteiger partial charge in [-0.25, -0.2) is 0 Å². The van der Waals surface area contributed by atoms with Gasteiger partial charge in [0.2, 0.25) is 0 Å². The maximum Gasteiger partial charge on any atom is 0.144 e. The van der Waals surface area contributed by atoms with E-state index in [1.165, 1.54) is 30.3 Å². The standard InChI is InChI=1S/C53H42N4O/c1-36-27-51(44-11-6-3-7-12-44)57-35-45(36)23-19-41-29-39(17-15-37-21-25-49(55-33-37)43-9-4-2-5-10-43)28-40(30-41)18-16-38-22-26-50(56-34-38)48-14-8-13-47-46-24-20-42(32-54)31-52(46)58-53(47)48/h2-14,20-22,24-31,33-35H,15-19,23H2,1H3/i1D3,15D2,16D2,17D2,18D2,19D2,20D,23D2,31D. The Labute approximate surface area is 363 Å². The molecule has 4 heterocycles. The highest BCUT2D eigenvalue weighted by atomic mass is 16.3. The number of benzene rings is 5. The van der Waals surface area contributed by atoms with Crippen molar-refractivity contribution in [1.82, 2.24) is 15.0 Å². The van der Waals surface area contributed by atoms with Crippen molar-refractivity contribution in [3.63, 3.8) is 0 Å². The lowest BCUT2D eigenvalue weighted by Gasteiger charge is -2.12. The van der Waals surface area contributed by atoms with Gasteiger partial charge in [0.15, 0.2) is 0 Å². The van der Waals surface area contributed by atoms with Crippen molar-refractivity contribution in [1.29, 1.82) is 5.26 Å². The van der Waals surface area contributed by atoms with Crippen LogP contribution in [-0.4, -0.2) is 15.0 Å². The first-order chi connectivity index (χ1) is 35.1. The predicted octanol–water partition coefficient (Wildman–Crippen LogP) is 12.3. The Morgan fingerprint density at radius 2 is 1.19 bits per heavy atom. The maximum atomic E-state index is 9.56. The van der Waals surface area contributed by atoms with Gasteiger partial charge in [-0.15, -0.1) is 0 Å². The molecule has 0 radical (unpaired) electrons. The Morgan fingerprint density at radius 1 is 0.586 bits per heavy atom. The molecule has 0 aliphatic rings. The number of rotatable bonds is 12. The van der Waals surface area contributed by atoms with E-state index in [0.29, 0.717) is 33.2 Å². The zero-order valence-corrected chi connectivity index (χ0v) is 30.6. The summed E-state index contributed by atoms with van der Waals surface area (Å²) in [6.07, 6.45) is -16.2. The lowest BCUT2D eigenvalue weighted by Crippen LogP contribution is -2.01. The fourth-order valence-corrected chi connectivity index (χ4v) is 6.40. The monoisotopic (exact) mass is 767 g/mol. The number of aromatic nitrogens is 3. The van der Waals surface area contributed by atoms with E-state index in [9.17, 15) is 21.7 Å². The van der Waals surface area contributed by atoms with Crippen LogP contribution < -0.4 is 0 Å². The Hall–Kier alpha value is -7.16. The van der Waals surface area contributed by atoms with Crippen molar-refractivity contribution in [3.05, 3.63) is 209 Å². The van der Waals surface area contributed by atoms with Crippen LogP contribution in [0.2, 0.25) is 0 Å². The molecule has 58 heavy (non-hydrogen) atoms. The topological polar surface area (TPSA) is 75.6 Å². The van der Waals surface area contributed by atoms with E-state index >= 15 is 0 Å². The molecule has 0 bridgehead atoms. The SMILES string of the molecule is [2H]c1cc2c(oc3c(-c4ccc(C([2H])([2H])C([2H])([2H])c5cc(C([2H])([2H])C([2H])([2H])c6ccc(-c7ccccc7)nc6)cc(C([2H])([2H])C([2H])([2H])c6cnc(-c7ccccc7)cc6C([2H])([2H])[2H])c5)cn4)cccc32)c([2H])c1C#N. The van der Waals surface area contributed by atoms with Crippen molar-refractivity contribution < 1.29 is 27.7 Å². The normalized spacial score (nSPS) is 17.3. The van der Waals surface area contributed by atoms with Crippen LogP contribution in [0.4, 0.5) is 0 Å². The summed E-state index contributed by atoms with van der Waals surface area (Å²) >= 11 is 0. The quantitative estimate of drug-likeness (QED) is 0.124. The van der Waals surface area contributed by atoms with Crippen molar-refractivity contribution in [2.75, 3.05) is 0 Å². The fraction of sp³-hybridized carbons (Fsp3) is 0.132. The van der Waals surface area contributed by atoms with Gasteiger partial charge in [0, 0.05) is 66.6 Å². The predicted molar refractivity (Wildman–Crippen MR) is 234 cm³/mol. The molecule has 0 fully saturated rings. The molecule has 0 saturated carbocycles. The first-order valence-electron chi connectivity index (χ1n) is 26.7. The highest BCUT2D eigenvalue weighted by Crippen LogP contribution is 2.35. The molecule has 0 aliphatic carbocycles. The largest absolute Gasteiger partial charge is 0.455 e. The van der Waals surface area contributed by atoms with Crippen LogP contribution in [0.1, 0.15) is 67.8 Å². The summed E-state index contributed by atoms with van der Waals surface area (Å²) < 4.78 is 161. The van der Waals surface area contributed by atoms with E-state index in [0.717, 1.165) is 42.9 Å². The second kappa shape index (κ2) is 16.5. The molecule has 9 rings (SSSR count). The van der Waals surface area contributed by atoms with Crippen molar-refractivity contribution in [2.45, 2.75) is 45.1 Å². The molecule has 5 aromatic carbocycles. The van der Waals surface area contributed by atoms with Crippen LogP contribution in [0.5, 0.6) is 0 Å². The molecule has 5 heteroatoms. The summed E-state index contributed by atoms with van der Waals surface area (Å²) in [6.45, 7) is -3.02. The number of pyridine rings is 3. The van der Waals surface area contributed by atoms with Crippen molar-refractivity contribution >= 4 is 21.9 Å². The number of fused-ring (bicyclic) bond motifs is 3. The summed E-state index contributed by atoms with van der Waals surface area (Å²) in [4.78, 5) is 13.1. The van der Waals surface area contributed by atoms with Crippen LogP contribution in [0, 0.1) is 18.2 Å². The molecule has 0 atom stereocenters. The minimum absolute atomic E-state index is 0.0654. The van der Waals surface area contributed by atoms with E-state index in [2.05, 4.69) is 15.0 Å². The Balaban J connectivity index is 1.16. The second-order valence-corrected chi connectivity index (χ2v) is 13.2. The van der Waals surface area contributed by atoms with Crippen LogP contribution in [0.15, 0.2) is 169 Å². The zero-order valence-electron chi connectivity index (χ0n) is 47.6. The minimum Gasteiger partial charge on any atom is -0.455 e. The molecule has 0 unspecified atom stereocenters. The van der Waals surface area contributed by atoms with Crippen LogP contribution >= 0.6 is 0 Å². The first kappa shape index (κ1) is 22.0. The summed E-state index contributed by atoms with van der Waals surface area (Å²) in [5.41, 5.74) is -1.57. The molecule has 0 N–H and O–H groups in total. The second-order valence-electron chi connectivity index (χ2n) is 13.2. The summed E-state index contributed by atoms with van der Waals surface area (Å²) in [6, 6.07) is 34.3. The van der Waals surface area contributed by atoms with Crippen molar-refractivity contribution in [2.24, 2.45) is 0 Å². The molecular weight excluding hydrogens is 709 g/mol. The molecule has 5 nitrogen and oxygen atoms in total. The highest BCUT2D eigenvalue weighted by Gasteiger charge is 2.14. The molecule has 9 aromatic rings. The minimum atomic E-state index is -3.39.